The summed E-state index contributed by atoms with van der Waals surface area (Å²) in [7, 11) is 0. The molecule has 1 heterocycles. The van der Waals surface area contributed by atoms with Crippen LogP contribution in [-0.2, 0) is 4.74 Å². The first-order valence-corrected chi connectivity index (χ1v) is 8.50. The maximum atomic E-state index is 5.71. The topological polar surface area (TPSA) is 9.23 Å². The maximum Gasteiger partial charge on any atom is 0.0593 e. The average Bonchev–Trinajstić information content (AvgIpc) is 2.98. The maximum absolute atomic E-state index is 5.71. The molecule has 2 atom stereocenters. The quantitative estimate of drug-likeness (QED) is 0.583. The van der Waals surface area contributed by atoms with Gasteiger partial charge in [-0.2, -0.15) is 35.3 Å². The molecule has 1 fully saturated rings. The van der Waals surface area contributed by atoms with Crippen molar-refractivity contribution in [2.45, 2.75) is 24.3 Å². The van der Waals surface area contributed by atoms with E-state index in [0.29, 0.717) is 5.25 Å². The van der Waals surface area contributed by atoms with E-state index in [1.807, 2.05) is 35.3 Å². The lowest BCUT2D eigenvalue weighted by Crippen LogP contribution is -2.17. The normalized spacial score (nSPS) is 22.3. The Bertz CT molecular complexity index is 139. The SMILES string of the molecule is CCSCC(COCC1CS1)SCC. The molecule has 0 radical (unpaired) electrons. The number of thioether (sulfide) groups is 3. The fourth-order valence-electron chi connectivity index (χ4n) is 1.12. The third kappa shape index (κ3) is 6.49. The molecule has 4 heteroatoms. The van der Waals surface area contributed by atoms with E-state index in [1.165, 1.54) is 23.0 Å². The summed E-state index contributed by atoms with van der Waals surface area (Å²) in [5.41, 5.74) is 0. The highest BCUT2D eigenvalue weighted by atomic mass is 32.2. The van der Waals surface area contributed by atoms with Crippen molar-refractivity contribution >= 4 is 35.3 Å². The summed E-state index contributed by atoms with van der Waals surface area (Å²) < 4.78 is 5.71. The van der Waals surface area contributed by atoms with Crippen LogP contribution in [0.1, 0.15) is 13.8 Å². The zero-order valence-electron chi connectivity index (χ0n) is 9.03. The Balaban J connectivity index is 1.99. The van der Waals surface area contributed by atoms with Gasteiger partial charge in [0, 0.05) is 22.0 Å². The molecule has 0 aromatic carbocycles. The zero-order chi connectivity index (χ0) is 10.2. The third-order valence-electron chi connectivity index (χ3n) is 1.92. The minimum atomic E-state index is 0.702. The second-order valence-corrected chi connectivity index (χ2v) is 7.46. The number of ether oxygens (including phenoxy) is 1. The fourth-order valence-corrected chi connectivity index (χ4v) is 3.48. The molecular weight excluding hydrogens is 232 g/mol. The van der Waals surface area contributed by atoms with Crippen LogP contribution in [0, 0.1) is 0 Å². The van der Waals surface area contributed by atoms with Crippen molar-refractivity contribution in [3.63, 3.8) is 0 Å². The smallest absolute Gasteiger partial charge is 0.0593 e. The van der Waals surface area contributed by atoms with E-state index in [1.54, 1.807) is 0 Å². The van der Waals surface area contributed by atoms with Crippen LogP contribution in [0.15, 0.2) is 0 Å². The summed E-state index contributed by atoms with van der Waals surface area (Å²) in [4.78, 5) is 0. The van der Waals surface area contributed by atoms with Crippen LogP contribution in [0.25, 0.3) is 0 Å². The summed E-state index contributed by atoms with van der Waals surface area (Å²) in [6.45, 7) is 6.37. The van der Waals surface area contributed by atoms with Crippen LogP contribution >= 0.6 is 35.3 Å². The molecular formula is C10H20OS3. The van der Waals surface area contributed by atoms with Gasteiger partial charge in [-0.25, -0.2) is 0 Å². The third-order valence-corrected chi connectivity index (χ3v) is 5.23. The summed E-state index contributed by atoms with van der Waals surface area (Å²) in [6, 6.07) is 0. The van der Waals surface area contributed by atoms with Crippen LogP contribution in [0.3, 0.4) is 0 Å². The first kappa shape index (κ1) is 13.1. The minimum Gasteiger partial charge on any atom is -0.379 e. The molecule has 0 spiro atoms. The minimum absolute atomic E-state index is 0.702. The highest BCUT2D eigenvalue weighted by Crippen LogP contribution is 2.30. The molecule has 1 rings (SSSR count). The van der Waals surface area contributed by atoms with Crippen molar-refractivity contribution in [1.82, 2.24) is 0 Å². The van der Waals surface area contributed by atoms with Crippen LogP contribution in [0.4, 0.5) is 0 Å². The van der Waals surface area contributed by atoms with Crippen molar-refractivity contribution in [3.8, 4) is 0 Å². The van der Waals surface area contributed by atoms with Gasteiger partial charge < -0.3 is 4.74 Å². The Morgan fingerprint density at radius 2 is 2.21 bits per heavy atom. The predicted molar refractivity (Wildman–Crippen MR) is 72.0 cm³/mol. The Morgan fingerprint density at radius 3 is 2.79 bits per heavy atom. The molecule has 0 bridgehead atoms. The standard InChI is InChI=1S/C10H20OS3/c1-3-12-7-9(13-4-2)5-11-6-10-8-14-10/h9-10H,3-8H2,1-2H3. The van der Waals surface area contributed by atoms with Crippen LogP contribution in [-0.4, -0.2) is 46.7 Å². The van der Waals surface area contributed by atoms with Gasteiger partial charge in [-0.3, -0.25) is 0 Å². The van der Waals surface area contributed by atoms with Crippen molar-refractivity contribution in [3.05, 3.63) is 0 Å². The Labute approximate surface area is 101 Å². The van der Waals surface area contributed by atoms with E-state index in [0.717, 1.165) is 18.5 Å². The van der Waals surface area contributed by atoms with E-state index in [4.69, 9.17) is 4.74 Å². The molecule has 1 saturated heterocycles. The lowest BCUT2D eigenvalue weighted by Gasteiger charge is -2.14. The van der Waals surface area contributed by atoms with Crippen molar-refractivity contribution in [2.24, 2.45) is 0 Å². The molecule has 1 aliphatic heterocycles. The second-order valence-electron chi connectivity index (χ2n) is 3.23. The number of rotatable bonds is 9. The second kappa shape index (κ2) is 8.20. The van der Waals surface area contributed by atoms with E-state index < -0.39 is 0 Å². The lowest BCUT2D eigenvalue weighted by atomic mass is 10.5. The molecule has 0 saturated carbocycles. The van der Waals surface area contributed by atoms with Crippen molar-refractivity contribution in [1.29, 1.82) is 0 Å². The van der Waals surface area contributed by atoms with E-state index in [2.05, 4.69) is 13.8 Å². The van der Waals surface area contributed by atoms with Crippen LogP contribution in [0.5, 0.6) is 0 Å². The Morgan fingerprint density at radius 1 is 1.43 bits per heavy atom. The molecule has 0 aromatic heterocycles. The summed E-state index contributed by atoms with van der Waals surface area (Å²) in [5.74, 6) is 4.98. The van der Waals surface area contributed by atoms with Gasteiger partial charge in [-0.05, 0) is 11.5 Å². The lowest BCUT2D eigenvalue weighted by molar-refractivity contribution is 0.146. The molecule has 84 valence electrons. The predicted octanol–water partition coefficient (Wildman–Crippen LogP) is 2.99. The van der Waals surface area contributed by atoms with E-state index >= 15 is 0 Å². The van der Waals surface area contributed by atoms with E-state index in [-0.39, 0.29) is 0 Å². The molecule has 14 heavy (non-hydrogen) atoms. The van der Waals surface area contributed by atoms with Gasteiger partial charge in [0.15, 0.2) is 0 Å². The fraction of sp³-hybridized carbons (Fsp3) is 1.00. The highest BCUT2D eigenvalue weighted by molar-refractivity contribution is 8.06. The highest BCUT2D eigenvalue weighted by Gasteiger charge is 2.22. The average molecular weight is 252 g/mol. The first-order chi connectivity index (χ1) is 6.86. The molecule has 0 amide bonds. The van der Waals surface area contributed by atoms with Crippen molar-refractivity contribution in [2.75, 3.05) is 36.2 Å². The molecule has 0 N–H and O–H groups in total. The molecule has 1 aliphatic rings. The van der Waals surface area contributed by atoms with Gasteiger partial charge in [-0.15, -0.1) is 0 Å². The Hall–Kier alpha value is 1.01. The first-order valence-electron chi connectivity index (χ1n) is 5.25. The number of hydrogen-bond acceptors (Lipinski definition) is 4. The van der Waals surface area contributed by atoms with Crippen molar-refractivity contribution < 1.29 is 4.74 Å². The zero-order valence-corrected chi connectivity index (χ0v) is 11.5. The molecule has 2 unspecified atom stereocenters. The van der Waals surface area contributed by atoms with Gasteiger partial charge >= 0.3 is 0 Å². The van der Waals surface area contributed by atoms with Crippen LogP contribution in [0.2, 0.25) is 0 Å². The van der Waals surface area contributed by atoms with Gasteiger partial charge in [-0.1, -0.05) is 13.8 Å². The molecule has 0 aromatic rings. The molecule has 0 aliphatic carbocycles. The summed E-state index contributed by atoms with van der Waals surface area (Å²) in [6.07, 6.45) is 0. The van der Waals surface area contributed by atoms with Gasteiger partial charge in [0.1, 0.15) is 0 Å². The van der Waals surface area contributed by atoms with Gasteiger partial charge in [0.2, 0.25) is 0 Å². The Kier molecular flexibility index (Phi) is 7.66. The number of hydrogen-bond donors (Lipinski definition) is 0. The van der Waals surface area contributed by atoms with Gasteiger partial charge in [0.25, 0.3) is 0 Å². The summed E-state index contributed by atoms with van der Waals surface area (Å²) >= 11 is 6.07. The van der Waals surface area contributed by atoms with Crippen LogP contribution < -0.4 is 0 Å². The largest absolute Gasteiger partial charge is 0.379 e. The monoisotopic (exact) mass is 252 g/mol. The van der Waals surface area contributed by atoms with E-state index in [9.17, 15) is 0 Å². The summed E-state index contributed by atoms with van der Waals surface area (Å²) in [5, 5.41) is 1.52. The molecule has 1 nitrogen and oxygen atoms in total. The van der Waals surface area contributed by atoms with Gasteiger partial charge in [0.05, 0.1) is 13.2 Å².